The summed E-state index contributed by atoms with van der Waals surface area (Å²) < 4.78 is 0. The number of amides is 1. The summed E-state index contributed by atoms with van der Waals surface area (Å²) >= 11 is 4.09. The number of benzene rings is 1. The average molecular weight is 277 g/mol. The Morgan fingerprint density at radius 2 is 1.84 bits per heavy atom. The molecule has 1 aliphatic rings. The minimum Gasteiger partial charge on any atom is -0.353 e. The molecule has 0 bridgehead atoms. The van der Waals surface area contributed by atoms with Crippen molar-refractivity contribution in [3.05, 3.63) is 35.4 Å². The minimum absolute atomic E-state index is 0.147. The van der Waals surface area contributed by atoms with Gasteiger partial charge in [0.25, 0.3) is 0 Å². The molecule has 19 heavy (non-hydrogen) atoms. The van der Waals surface area contributed by atoms with Crippen molar-refractivity contribution >= 4 is 18.5 Å². The lowest BCUT2D eigenvalue weighted by Gasteiger charge is -2.29. The van der Waals surface area contributed by atoms with Crippen LogP contribution in [0.15, 0.2) is 24.3 Å². The predicted molar refractivity (Wildman–Crippen MR) is 82.8 cm³/mol. The molecule has 0 atom stereocenters. The van der Waals surface area contributed by atoms with Gasteiger partial charge >= 0.3 is 0 Å². The molecule has 0 aliphatic heterocycles. The maximum atomic E-state index is 11.5. The summed E-state index contributed by atoms with van der Waals surface area (Å²) in [7, 11) is 0. The van der Waals surface area contributed by atoms with Gasteiger partial charge in [0, 0.05) is 12.5 Å². The van der Waals surface area contributed by atoms with Gasteiger partial charge in [0.05, 0.1) is 0 Å². The zero-order chi connectivity index (χ0) is 13.7. The van der Waals surface area contributed by atoms with E-state index >= 15 is 0 Å². The predicted octanol–water partition coefficient (Wildman–Crippen LogP) is 3.46. The van der Waals surface area contributed by atoms with Gasteiger partial charge in [-0.25, -0.2) is 0 Å². The van der Waals surface area contributed by atoms with Gasteiger partial charge in [0.15, 0.2) is 0 Å². The summed E-state index contributed by atoms with van der Waals surface area (Å²) in [5.74, 6) is 1.44. The molecular weight excluding hydrogens is 254 g/mol. The van der Waals surface area contributed by atoms with Crippen LogP contribution in [0.5, 0.6) is 0 Å². The van der Waals surface area contributed by atoms with Crippen LogP contribution in [0.2, 0.25) is 0 Å². The Kier molecular flexibility index (Phi) is 5.32. The smallest absolute Gasteiger partial charge is 0.221 e. The number of carbonyl (C=O) groups excluding carboxylic acids is 1. The van der Waals surface area contributed by atoms with Gasteiger partial charge < -0.3 is 5.32 Å². The third-order valence-electron chi connectivity index (χ3n) is 3.98. The number of hydrogen-bond donors (Lipinski definition) is 2. The average Bonchev–Trinajstić information content (AvgIpc) is 2.41. The van der Waals surface area contributed by atoms with Crippen molar-refractivity contribution in [2.24, 2.45) is 0 Å². The summed E-state index contributed by atoms with van der Waals surface area (Å²) in [5.41, 5.74) is 2.77. The SMILES string of the molecule is Cc1ccc(C2CCC(NC(=O)CCS)CC2)cc1. The second-order valence-electron chi connectivity index (χ2n) is 5.50. The van der Waals surface area contributed by atoms with E-state index in [1.54, 1.807) is 0 Å². The van der Waals surface area contributed by atoms with Crippen molar-refractivity contribution in [3.63, 3.8) is 0 Å². The molecule has 0 heterocycles. The van der Waals surface area contributed by atoms with Gasteiger partial charge in [0.2, 0.25) is 5.91 Å². The number of rotatable bonds is 4. The molecule has 0 saturated heterocycles. The molecule has 0 radical (unpaired) electrons. The summed E-state index contributed by atoms with van der Waals surface area (Å²) in [4.78, 5) is 11.5. The van der Waals surface area contributed by atoms with Gasteiger partial charge in [-0.1, -0.05) is 29.8 Å². The van der Waals surface area contributed by atoms with Crippen LogP contribution in [0.3, 0.4) is 0 Å². The molecule has 1 saturated carbocycles. The fourth-order valence-corrected chi connectivity index (χ4v) is 3.01. The molecular formula is C16H23NOS. The Hall–Kier alpha value is -0.960. The lowest BCUT2D eigenvalue weighted by Crippen LogP contribution is -2.37. The molecule has 1 N–H and O–H groups in total. The molecule has 3 heteroatoms. The molecule has 1 aromatic rings. The van der Waals surface area contributed by atoms with Crippen LogP contribution >= 0.6 is 12.6 Å². The van der Waals surface area contributed by atoms with E-state index in [9.17, 15) is 4.79 Å². The van der Waals surface area contributed by atoms with E-state index in [1.165, 1.54) is 24.0 Å². The van der Waals surface area contributed by atoms with E-state index < -0.39 is 0 Å². The number of carbonyl (C=O) groups is 1. The molecule has 1 amide bonds. The fraction of sp³-hybridized carbons (Fsp3) is 0.562. The second-order valence-corrected chi connectivity index (χ2v) is 5.95. The van der Waals surface area contributed by atoms with Crippen LogP contribution in [-0.4, -0.2) is 17.7 Å². The quantitative estimate of drug-likeness (QED) is 0.811. The maximum Gasteiger partial charge on any atom is 0.221 e. The first-order valence-electron chi connectivity index (χ1n) is 7.16. The number of nitrogens with one attached hydrogen (secondary N) is 1. The fourth-order valence-electron chi connectivity index (χ4n) is 2.81. The highest BCUT2D eigenvalue weighted by molar-refractivity contribution is 7.80. The van der Waals surface area contributed by atoms with Crippen LogP contribution in [-0.2, 0) is 4.79 Å². The van der Waals surface area contributed by atoms with Crippen molar-refractivity contribution in [1.29, 1.82) is 0 Å². The summed E-state index contributed by atoms with van der Waals surface area (Å²) in [6, 6.07) is 9.25. The van der Waals surface area contributed by atoms with Gasteiger partial charge in [-0.2, -0.15) is 12.6 Å². The van der Waals surface area contributed by atoms with Crippen LogP contribution in [0.1, 0.15) is 49.1 Å². The van der Waals surface area contributed by atoms with Gasteiger partial charge in [-0.3, -0.25) is 4.79 Å². The second kappa shape index (κ2) is 6.99. The Balaban J connectivity index is 1.82. The molecule has 1 aromatic carbocycles. The zero-order valence-electron chi connectivity index (χ0n) is 11.6. The highest BCUT2D eigenvalue weighted by Crippen LogP contribution is 2.32. The zero-order valence-corrected chi connectivity index (χ0v) is 12.5. The summed E-state index contributed by atoms with van der Waals surface area (Å²) in [6.45, 7) is 2.12. The van der Waals surface area contributed by atoms with E-state index in [4.69, 9.17) is 0 Å². The maximum absolute atomic E-state index is 11.5. The normalized spacial score (nSPS) is 23.1. The number of aryl methyl sites for hydroxylation is 1. The number of hydrogen-bond acceptors (Lipinski definition) is 2. The van der Waals surface area contributed by atoms with Crippen molar-refractivity contribution in [3.8, 4) is 0 Å². The monoisotopic (exact) mass is 277 g/mol. The van der Waals surface area contributed by atoms with Crippen molar-refractivity contribution < 1.29 is 4.79 Å². The van der Waals surface area contributed by atoms with Crippen molar-refractivity contribution in [1.82, 2.24) is 5.32 Å². The highest BCUT2D eigenvalue weighted by Gasteiger charge is 2.23. The lowest BCUT2D eigenvalue weighted by atomic mass is 9.81. The third kappa shape index (κ3) is 4.27. The molecule has 0 aromatic heterocycles. The molecule has 1 fully saturated rings. The van der Waals surface area contributed by atoms with E-state index in [0.717, 1.165) is 12.8 Å². The third-order valence-corrected chi connectivity index (χ3v) is 4.20. The van der Waals surface area contributed by atoms with E-state index in [2.05, 4.69) is 49.1 Å². The van der Waals surface area contributed by atoms with E-state index in [1.807, 2.05) is 0 Å². The van der Waals surface area contributed by atoms with Crippen LogP contribution in [0.4, 0.5) is 0 Å². The van der Waals surface area contributed by atoms with Gasteiger partial charge in [0.1, 0.15) is 0 Å². The Morgan fingerprint density at radius 1 is 1.21 bits per heavy atom. The van der Waals surface area contributed by atoms with Gasteiger partial charge in [-0.15, -0.1) is 0 Å². The van der Waals surface area contributed by atoms with Crippen LogP contribution in [0.25, 0.3) is 0 Å². The van der Waals surface area contributed by atoms with E-state index in [0.29, 0.717) is 24.1 Å². The first-order valence-corrected chi connectivity index (χ1v) is 7.79. The van der Waals surface area contributed by atoms with Gasteiger partial charge in [-0.05, 0) is 49.8 Å². The Bertz CT molecular complexity index is 407. The van der Waals surface area contributed by atoms with Crippen molar-refractivity contribution in [2.75, 3.05) is 5.75 Å². The molecule has 1 aliphatic carbocycles. The first kappa shape index (κ1) is 14.4. The minimum atomic E-state index is 0.147. The summed E-state index contributed by atoms with van der Waals surface area (Å²) in [5, 5.41) is 3.11. The van der Waals surface area contributed by atoms with E-state index in [-0.39, 0.29) is 5.91 Å². The molecule has 0 spiro atoms. The summed E-state index contributed by atoms with van der Waals surface area (Å²) in [6.07, 6.45) is 5.07. The molecule has 2 nitrogen and oxygen atoms in total. The topological polar surface area (TPSA) is 29.1 Å². The van der Waals surface area contributed by atoms with Crippen molar-refractivity contribution in [2.45, 2.75) is 51.0 Å². The standard InChI is InChI=1S/C16H23NOS/c1-12-2-4-13(5-3-12)14-6-8-15(9-7-14)17-16(18)10-11-19/h2-5,14-15,19H,6-11H2,1H3,(H,17,18). The Labute approximate surface area is 121 Å². The lowest BCUT2D eigenvalue weighted by molar-refractivity contribution is -0.121. The first-order chi connectivity index (χ1) is 9.19. The van der Waals surface area contributed by atoms with Crippen LogP contribution in [0, 0.1) is 6.92 Å². The molecule has 104 valence electrons. The number of thiol groups is 1. The molecule has 0 unspecified atom stereocenters. The largest absolute Gasteiger partial charge is 0.353 e. The Morgan fingerprint density at radius 3 is 2.42 bits per heavy atom. The highest BCUT2D eigenvalue weighted by atomic mass is 32.1. The molecule has 2 rings (SSSR count). The van der Waals surface area contributed by atoms with Crippen LogP contribution < -0.4 is 5.32 Å².